The molecule has 1 N–H and O–H groups in total. The first kappa shape index (κ1) is 27.1. The normalized spacial score (nSPS) is 16.8. The third-order valence-electron chi connectivity index (χ3n) is 7.96. The molecular formula is C32H37N7O2. The molecule has 6 rings (SSSR count). The van der Waals surface area contributed by atoms with Crippen LogP contribution in [0.5, 0.6) is 0 Å². The van der Waals surface area contributed by atoms with Crippen LogP contribution in [0.1, 0.15) is 110 Å². The van der Waals surface area contributed by atoms with Crippen LogP contribution in [0.4, 0.5) is 5.82 Å². The number of hydrogen-bond acceptors (Lipinski definition) is 7. The lowest BCUT2D eigenvalue weighted by Crippen LogP contribution is -2.29. The van der Waals surface area contributed by atoms with Crippen LogP contribution >= 0.6 is 0 Å². The number of hydrogen-bond donors (Lipinski definition) is 1. The Bertz CT molecular complexity index is 1650. The van der Waals surface area contributed by atoms with E-state index in [2.05, 4.69) is 69.9 Å². The molecule has 4 aromatic rings. The summed E-state index contributed by atoms with van der Waals surface area (Å²) in [7, 11) is 0. The van der Waals surface area contributed by atoms with Gasteiger partial charge in [-0.25, -0.2) is 9.98 Å². The third kappa shape index (κ3) is 5.21. The molecule has 0 saturated heterocycles. The van der Waals surface area contributed by atoms with Crippen molar-refractivity contribution in [3.63, 3.8) is 0 Å². The zero-order valence-electron chi connectivity index (χ0n) is 24.7. The zero-order chi connectivity index (χ0) is 28.9. The van der Waals surface area contributed by atoms with Gasteiger partial charge in [0, 0.05) is 41.4 Å². The second kappa shape index (κ2) is 10.4. The number of nitrogens with zero attached hydrogens (tertiary/aromatic N) is 6. The molecule has 0 unspecified atom stereocenters. The lowest BCUT2D eigenvalue weighted by molar-refractivity contribution is 0.0896. The van der Waals surface area contributed by atoms with E-state index < -0.39 is 0 Å². The molecule has 3 aromatic heterocycles. The Labute approximate surface area is 240 Å². The van der Waals surface area contributed by atoms with E-state index >= 15 is 0 Å². The van der Waals surface area contributed by atoms with Gasteiger partial charge in [0.25, 0.3) is 0 Å². The molecule has 0 bridgehead atoms. The van der Waals surface area contributed by atoms with Crippen molar-refractivity contribution >= 4 is 17.4 Å². The van der Waals surface area contributed by atoms with Crippen LogP contribution in [-0.2, 0) is 18.3 Å². The van der Waals surface area contributed by atoms with E-state index in [1.807, 2.05) is 38.6 Å². The first-order valence-corrected chi connectivity index (χ1v) is 14.5. The number of aliphatic imine (C=N–C) groups is 1. The Balaban J connectivity index is 1.26. The second-order valence-electron chi connectivity index (χ2n) is 12.4. The van der Waals surface area contributed by atoms with Gasteiger partial charge in [-0.3, -0.25) is 9.48 Å². The molecular weight excluding hydrogens is 514 g/mol. The average Bonchev–Trinajstić information content (AvgIpc) is 3.65. The first-order valence-electron chi connectivity index (χ1n) is 14.5. The van der Waals surface area contributed by atoms with Gasteiger partial charge in [-0.15, -0.1) is 10.2 Å². The minimum Gasteiger partial charge on any atom is -0.416 e. The molecule has 41 heavy (non-hydrogen) atoms. The van der Waals surface area contributed by atoms with E-state index in [-0.39, 0.29) is 23.3 Å². The fourth-order valence-electron chi connectivity index (χ4n) is 5.68. The minimum atomic E-state index is -0.331. The molecule has 0 saturated carbocycles. The number of rotatable bonds is 5. The summed E-state index contributed by atoms with van der Waals surface area (Å²) in [6.07, 6.45) is 8.58. The topological polar surface area (TPSA) is 111 Å². The zero-order valence-corrected chi connectivity index (χ0v) is 24.7. The molecule has 0 fully saturated rings. The maximum Gasteiger partial charge on any atom is 0.309 e. The fourth-order valence-corrected chi connectivity index (χ4v) is 5.68. The van der Waals surface area contributed by atoms with E-state index in [0.29, 0.717) is 11.9 Å². The fraction of sp³-hybridized carbons (Fsp3) is 0.438. The van der Waals surface area contributed by atoms with E-state index in [9.17, 15) is 4.79 Å². The molecule has 0 radical (unpaired) electrons. The van der Waals surface area contributed by atoms with Gasteiger partial charge >= 0.3 is 11.8 Å². The monoisotopic (exact) mass is 551 g/mol. The van der Waals surface area contributed by atoms with Crippen LogP contribution in [0.2, 0.25) is 0 Å². The maximum atomic E-state index is 13.1. The van der Waals surface area contributed by atoms with Gasteiger partial charge in [-0.1, -0.05) is 45.4 Å². The van der Waals surface area contributed by atoms with E-state index in [1.165, 1.54) is 5.56 Å². The van der Waals surface area contributed by atoms with Crippen molar-refractivity contribution in [2.24, 2.45) is 4.99 Å². The number of carbonyl (C=O) groups is 1. The van der Waals surface area contributed by atoms with Crippen molar-refractivity contribution < 1.29 is 9.21 Å². The van der Waals surface area contributed by atoms with Gasteiger partial charge in [0.1, 0.15) is 0 Å². The van der Waals surface area contributed by atoms with Gasteiger partial charge in [0.05, 0.1) is 17.4 Å². The maximum absolute atomic E-state index is 13.1. The molecule has 4 heterocycles. The number of pyridine rings is 1. The van der Waals surface area contributed by atoms with Crippen LogP contribution < -0.4 is 5.32 Å². The number of aromatic nitrogens is 5. The van der Waals surface area contributed by atoms with Crippen molar-refractivity contribution in [2.75, 3.05) is 0 Å². The van der Waals surface area contributed by atoms with Crippen molar-refractivity contribution in [1.29, 1.82) is 0 Å². The van der Waals surface area contributed by atoms with Crippen LogP contribution in [0, 0.1) is 6.92 Å². The summed E-state index contributed by atoms with van der Waals surface area (Å²) in [6.45, 7) is 12.2. The molecule has 0 spiro atoms. The molecule has 1 aliphatic heterocycles. The standard InChI is InChI=1S/C32H37N7O2/c1-18(2)39-17-25(19(3)38-39)27-16-24-22(13-14-33-28(24)34-27)21-11-12-23-20(15-21)9-7-8-10-26(23)35-29(40)30-36-37-31(41-30)32(4,5)6/h11-15,17-18,26H,7-10,16H2,1-6H3,(H,35,40)/t26-/m0/s1. The Morgan fingerprint density at radius 1 is 1.12 bits per heavy atom. The molecule has 1 atom stereocenters. The predicted molar refractivity (Wildman–Crippen MR) is 158 cm³/mol. The highest BCUT2D eigenvalue weighted by Gasteiger charge is 2.28. The van der Waals surface area contributed by atoms with E-state index in [4.69, 9.17) is 9.41 Å². The van der Waals surface area contributed by atoms with Crippen LogP contribution in [0.25, 0.3) is 11.1 Å². The Morgan fingerprint density at radius 3 is 2.68 bits per heavy atom. The number of amides is 1. The third-order valence-corrected chi connectivity index (χ3v) is 7.96. The molecule has 212 valence electrons. The minimum absolute atomic E-state index is 0.00895. The number of fused-ring (bicyclic) bond motifs is 2. The van der Waals surface area contributed by atoms with E-state index in [1.54, 1.807) is 0 Å². The molecule has 9 heteroatoms. The Morgan fingerprint density at radius 2 is 1.95 bits per heavy atom. The number of benzene rings is 1. The average molecular weight is 552 g/mol. The smallest absolute Gasteiger partial charge is 0.309 e. The summed E-state index contributed by atoms with van der Waals surface area (Å²) in [6, 6.07) is 8.86. The Kier molecular flexibility index (Phi) is 6.83. The quantitative estimate of drug-likeness (QED) is 0.288. The van der Waals surface area contributed by atoms with Crippen molar-refractivity contribution in [1.82, 2.24) is 30.3 Å². The van der Waals surface area contributed by atoms with Gasteiger partial charge in [0.2, 0.25) is 5.89 Å². The number of aryl methyl sites for hydroxylation is 2. The van der Waals surface area contributed by atoms with Gasteiger partial charge < -0.3 is 9.73 Å². The molecule has 1 aliphatic carbocycles. The van der Waals surface area contributed by atoms with Gasteiger partial charge in [-0.2, -0.15) is 5.10 Å². The van der Waals surface area contributed by atoms with Gasteiger partial charge in [0.15, 0.2) is 5.82 Å². The predicted octanol–water partition coefficient (Wildman–Crippen LogP) is 6.39. The summed E-state index contributed by atoms with van der Waals surface area (Å²) in [5.41, 5.74) is 8.60. The molecule has 1 amide bonds. The van der Waals surface area contributed by atoms with Crippen LogP contribution in [-0.4, -0.2) is 36.6 Å². The Hall–Kier alpha value is -4.14. The highest BCUT2D eigenvalue weighted by molar-refractivity contribution is 6.07. The first-order chi connectivity index (χ1) is 19.6. The van der Waals surface area contributed by atoms with Crippen molar-refractivity contribution in [3.05, 3.63) is 76.4 Å². The molecule has 9 nitrogen and oxygen atoms in total. The van der Waals surface area contributed by atoms with Crippen molar-refractivity contribution in [2.45, 2.75) is 91.1 Å². The summed E-state index contributed by atoms with van der Waals surface area (Å²) < 4.78 is 7.69. The lowest BCUT2D eigenvalue weighted by Gasteiger charge is -2.20. The van der Waals surface area contributed by atoms with Gasteiger partial charge in [-0.05, 0) is 68.4 Å². The summed E-state index contributed by atoms with van der Waals surface area (Å²) in [5.74, 6) is 0.912. The number of carbonyl (C=O) groups excluding carboxylic acids is 1. The van der Waals surface area contributed by atoms with Crippen molar-refractivity contribution in [3.8, 4) is 11.1 Å². The van der Waals surface area contributed by atoms with Crippen LogP contribution in [0.15, 0.2) is 46.1 Å². The summed E-state index contributed by atoms with van der Waals surface area (Å²) >= 11 is 0. The highest BCUT2D eigenvalue weighted by atomic mass is 16.4. The second-order valence-corrected chi connectivity index (χ2v) is 12.4. The highest BCUT2D eigenvalue weighted by Crippen LogP contribution is 2.38. The molecule has 1 aromatic carbocycles. The SMILES string of the molecule is Cc1nn(C(C)C)cc1C1=Nc2nccc(-c3ccc4c(c3)CCCC[C@@H]4NC(=O)c3nnc(C(C)(C)C)o3)c2C1. The van der Waals surface area contributed by atoms with Crippen LogP contribution in [0.3, 0.4) is 0 Å². The lowest BCUT2D eigenvalue weighted by atomic mass is 9.91. The summed E-state index contributed by atoms with van der Waals surface area (Å²) in [5, 5.41) is 15.9. The summed E-state index contributed by atoms with van der Waals surface area (Å²) in [4.78, 5) is 22.6. The van der Waals surface area contributed by atoms with E-state index in [0.717, 1.165) is 77.1 Å². The number of nitrogens with one attached hydrogen (secondary N) is 1. The molecule has 2 aliphatic rings. The largest absolute Gasteiger partial charge is 0.416 e.